The Morgan fingerprint density at radius 2 is 1.68 bits per heavy atom. The second-order valence-corrected chi connectivity index (χ2v) is 4.68. The molecule has 0 rings (SSSR count). The van der Waals surface area contributed by atoms with E-state index in [1.165, 1.54) is 12.0 Å². The molecule has 0 saturated carbocycles. The van der Waals surface area contributed by atoms with E-state index in [0.717, 1.165) is 6.42 Å². The monoisotopic (exact) mass is 317 g/mol. The molecule has 0 aromatic carbocycles. The summed E-state index contributed by atoms with van der Waals surface area (Å²) in [5.41, 5.74) is 0. The van der Waals surface area contributed by atoms with Crippen molar-refractivity contribution in [1.29, 1.82) is 0 Å². The zero-order valence-corrected chi connectivity index (χ0v) is 13.6. The number of amides is 3. The quantitative estimate of drug-likeness (QED) is 0.457. The molecule has 0 aliphatic heterocycles. The maximum atomic E-state index is 12.1. The number of rotatable bonds is 12. The van der Waals surface area contributed by atoms with E-state index in [4.69, 9.17) is 9.47 Å². The molecule has 8 nitrogen and oxygen atoms in total. The molecule has 0 bridgehead atoms. The first-order valence-electron chi connectivity index (χ1n) is 7.34. The lowest BCUT2D eigenvalue weighted by Crippen LogP contribution is -2.46. The van der Waals surface area contributed by atoms with Crippen LogP contribution in [0.4, 0.5) is 0 Å². The normalized spacial score (nSPS) is 10.1. The van der Waals surface area contributed by atoms with Crippen molar-refractivity contribution in [2.24, 2.45) is 0 Å². The first kappa shape index (κ1) is 20.3. The molecule has 0 aromatic heterocycles. The minimum absolute atomic E-state index is 0.0739. The van der Waals surface area contributed by atoms with Gasteiger partial charge in [-0.3, -0.25) is 14.4 Å². The van der Waals surface area contributed by atoms with Crippen LogP contribution in [0, 0.1) is 0 Å². The number of hydrogen-bond donors (Lipinski definition) is 2. The van der Waals surface area contributed by atoms with Gasteiger partial charge in [-0.05, 0) is 6.42 Å². The smallest absolute Gasteiger partial charge is 0.242 e. The minimum Gasteiger partial charge on any atom is -0.383 e. The van der Waals surface area contributed by atoms with Crippen LogP contribution in [0.1, 0.15) is 19.8 Å². The van der Waals surface area contributed by atoms with E-state index in [2.05, 4.69) is 10.6 Å². The predicted octanol–water partition coefficient (Wildman–Crippen LogP) is -0.860. The average Bonchev–Trinajstić information content (AvgIpc) is 2.49. The van der Waals surface area contributed by atoms with Gasteiger partial charge in [-0.25, -0.2) is 0 Å². The number of methoxy groups -OCH3 is 2. The highest BCUT2D eigenvalue weighted by Crippen LogP contribution is 1.92. The van der Waals surface area contributed by atoms with E-state index in [0.29, 0.717) is 26.2 Å². The van der Waals surface area contributed by atoms with Gasteiger partial charge >= 0.3 is 0 Å². The summed E-state index contributed by atoms with van der Waals surface area (Å²) >= 11 is 0. The molecule has 0 aliphatic carbocycles. The van der Waals surface area contributed by atoms with Crippen LogP contribution in [0.5, 0.6) is 0 Å². The molecule has 0 fully saturated rings. The summed E-state index contributed by atoms with van der Waals surface area (Å²) in [5, 5.41) is 5.19. The molecule has 2 N–H and O–H groups in total. The maximum absolute atomic E-state index is 12.1. The van der Waals surface area contributed by atoms with E-state index in [1.54, 1.807) is 7.11 Å². The number of nitrogens with one attached hydrogen (secondary N) is 2. The van der Waals surface area contributed by atoms with Gasteiger partial charge < -0.3 is 25.0 Å². The highest BCUT2D eigenvalue weighted by molar-refractivity contribution is 5.88. The molecule has 0 atom stereocenters. The summed E-state index contributed by atoms with van der Waals surface area (Å²) in [6, 6.07) is 0. The van der Waals surface area contributed by atoms with E-state index in [-0.39, 0.29) is 37.4 Å². The lowest BCUT2D eigenvalue weighted by atomic mass is 10.3. The fourth-order valence-corrected chi connectivity index (χ4v) is 1.62. The van der Waals surface area contributed by atoms with Crippen molar-refractivity contribution < 1.29 is 23.9 Å². The molecule has 0 saturated heterocycles. The highest BCUT2D eigenvalue weighted by Gasteiger charge is 2.17. The Labute approximate surface area is 131 Å². The fraction of sp³-hybridized carbons (Fsp3) is 0.786. The first-order chi connectivity index (χ1) is 10.5. The zero-order valence-electron chi connectivity index (χ0n) is 13.6. The third-order valence-electron chi connectivity index (χ3n) is 2.79. The molecule has 128 valence electrons. The van der Waals surface area contributed by atoms with Gasteiger partial charge in [0.05, 0.1) is 26.3 Å². The van der Waals surface area contributed by atoms with Gasteiger partial charge in [0, 0.05) is 33.7 Å². The van der Waals surface area contributed by atoms with Crippen LogP contribution >= 0.6 is 0 Å². The zero-order chi connectivity index (χ0) is 16.8. The molecule has 0 heterocycles. The predicted molar refractivity (Wildman–Crippen MR) is 81.3 cm³/mol. The highest BCUT2D eigenvalue weighted by atomic mass is 16.5. The van der Waals surface area contributed by atoms with Gasteiger partial charge in [0.15, 0.2) is 0 Å². The molecular weight excluding hydrogens is 290 g/mol. The number of ether oxygens (including phenoxy) is 2. The lowest BCUT2D eigenvalue weighted by molar-refractivity contribution is -0.137. The second kappa shape index (κ2) is 13.0. The molecule has 0 aliphatic rings. The van der Waals surface area contributed by atoms with Gasteiger partial charge in [0.1, 0.15) is 0 Å². The van der Waals surface area contributed by atoms with Crippen LogP contribution in [0.2, 0.25) is 0 Å². The summed E-state index contributed by atoms with van der Waals surface area (Å²) in [6.07, 6.45) is 1.10. The number of carbonyl (C=O) groups excluding carboxylic acids is 3. The van der Waals surface area contributed by atoms with Crippen molar-refractivity contribution in [2.75, 3.05) is 53.6 Å². The third-order valence-corrected chi connectivity index (χ3v) is 2.79. The Kier molecular flexibility index (Phi) is 12.0. The Bertz CT molecular complexity index is 349. The van der Waals surface area contributed by atoms with Crippen molar-refractivity contribution in [2.45, 2.75) is 19.8 Å². The maximum Gasteiger partial charge on any atom is 0.242 e. The van der Waals surface area contributed by atoms with E-state index < -0.39 is 0 Å². The van der Waals surface area contributed by atoms with Gasteiger partial charge in [0.25, 0.3) is 0 Å². The van der Waals surface area contributed by atoms with Crippen LogP contribution in [-0.4, -0.2) is 76.2 Å². The molecule has 0 radical (unpaired) electrons. The Balaban J connectivity index is 4.32. The molecular formula is C14H27N3O5. The SMILES string of the molecule is CCCC(=O)NCC(=O)N(CCOC)CC(=O)NCCOC. The topological polar surface area (TPSA) is 97.0 Å². The van der Waals surface area contributed by atoms with Crippen LogP contribution < -0.4 is 10.6 Å². The van der Waals surface area contributed by atoms with Gasteiger partial charge in [0.2, 0.25) is 17.7 Å². The molecule has 8 heteroatoms. The molecule has 0 spiro atoms. The lowest BCUT2D eigenvalue weighted by Gasteiger charge is -2.22. The van der Waals surface area contributed by atoms with E-state index >= 15 is 0 Å². The number of hydrogen-bond acceptors (Lipinski definition) is 5. The summed E-state index contributed by atoms with van der Waals surface area (Å²) in [7, 11) is 3.06. The molecule has 0 unspecified atom stereocenters. The first-order valence-corrected chi connectivity index (χ1v) is 7.34. The Hall–Kier alpha value is -1.67. The van der Waals surface area contributed by atoms with Crippen molar-refractivity contribution in [3.05, 3.63) is 0 Å². The van der Waals surface area contributed by atoms with Crippen LogP contribution in [0.15, 0.2) is 0 Å². The Morgan fingerprint density at radius 3 is 2.27 bits per heavy atom. The van der Waals surface area contributed by atoms with Gasteiger partial charge in [-0.2, -0.15) is 0 Å². The summed E-state index contributed by atoms with van der Waals surface area (Å²) in [5.74, 6) is -0.767. The summed E-state index contributed by atoms with van der Waals surface area (Å²) in [4.78, 5) is 36.6. The number of carbonyl (C=O) groups is 3. The van der Waals surface area contributed by atoms with Crippen molar-refractivity contribution in [1.82, 2.24) is 15.5 Å². The molecule has 22 heavy (non-hydrogen) atoms. The van der Waals surface area contributed by atoms with Crippen LogP contribution in [0.3, 0.4) is 0 Å². The van der Waals surface area contributed by atoms with Crippen LogP contribution in [-0.2, 0) is 23.9 Å². The molecule has 3 amide bonds. The van der Waals surface area contributed by atoms with E-state index in [1.807, 2.05) is 6.92 Å². The van der Waals surface area contributed by atoms with Crippen molar-refractivity contribution in [3.8, 4) is 0 Å². The van der Waals surface area contributed by atoms with Crippen molar-refractivity contribution >= 4 is 17.7 Å². The summed E-state index contributed by atoms with van der Waals surface area (Å²) in [6.45, 7) is 3.09. The largest absolute Gasteiger partial charge is 0.383 e. The number of nitrogens with zero attached hydrogens (tertiary/aromatic N) is 1. The third kappa shape index (κ3) is 10.1. The standard InChI is InChI=1S/C14H27N3O5/c1-4-5-12(18)16-10-14(20)17(7-9-22-3)11-13(19)15-6-8-21-2/h4-11H2,1-3H3,(H,15,19)(H,16,18). The second-order valence-electron chi connectivity index (χ2n) is 4.68. The van der Waals surface area contributed by atoms with E-state index in [9.17, 15) is 14.4 Å². The van der Waals surface area contributed by atoms with Gasteiger partial charge in [-0.15, -0.1) is 0 Å². The fourth-order valence-electron chi connectivity index (χ4n) is 1.62. The minimum atomic E-state index is -0.316. The summed E-state index contributed by atoms with van der Waals surface area (Å²) < 4.78 is 9.77. The Morgan fingerprint density at radius 1 is 1.00 bits per heavy atom. The van der Waals surface area contributed by atoms with Crippen molar-refractivity contribution in [3.63, 3.8) is 0 Å². The van der Waals surface area contributed by atoms with Crippen LogP contribution in [0.25, 0.3) is 0 Å². The average molecular weight is 317 g/mol. The molecule has 0 aromatic rings. The van der Waals surface area contributed by atoms with Gasteiger partial charge in [-0.1, -0.05) is 6.92 Å².